The number of aryl methyl sites for hydroxylation is 1. The van der Waals surface area contributed by atoms with E-state index >= 15 is 0 Å². The first-order valence-corrected chi connectivity index (χ1v) is 7.36. The normalized spacial score (nSPS) is 10.3. The first kappa shape index (κ1) is 14.4. The number of pyridine rings is 1. The van der Waals surface area contributed by atoms with E-state index in [1.165, 1.54) is 18.4 Å². The van der Waals surface area contributed by atoms with E-state index in [2.05, 4.69) is 59.8 Å². The van der Waals surface area contributed by atoms with E-state index < -0.39 is 0 Å². The predicted molar refractivity (Wildman–Crippen MR) is 86.7 cm³/mol. The molecule has 0 aliphatic carbocycles. The molecule has 2 aromatic rings. The zero-order valence-corrected chi connectivity index (χ0v) is 12.3. The molecule has 20 heavy (non-hydrogen) atoms. The Morgan fingerprint density at radius 1 is 0.950 bits per heavy atom. The summed E-state index contributed by atoms with van der Waals surface area (Å²) in [5.74, 6) is 0. The third-order valence-corrected chi connectivity index (χ3v) is 3.18. The van der Waals surface area contributed by atoms with E-state index in [1.807, 2.05) is 12.4 Å². The molecule has 0 atom stereocenters. The second-order valence-electron chi connectivity index (χ2n) is 4.92. The van der Waals surface area contributed by atoms with E-state index in [1.54, 1.807) is 0 Å². The van der Waals surface area contributed by atoms with Crippen molar-refractivity contribution in [3.8, 4) is 0 Å². The molecule has 3 heteroatoms. The van der Waals surface area contributed by atoms with Gasteiger partial charge in [0, 0.05) is 12.2 Å². The van der Waals surface area contributed by atoms with Gasteiger partial charge in [0.1, 0.15) is 0 Å². The lowest BCUT2D eigenvalue weighted by Crippen LogP contribution is -1.98. The summed E-state index contributed by atoms with van der Waals surface area (Å²) in [4.78, 5) is 4.23. The molecule has 0 unspecified atom stereocenters. The number of hydrogen-bond donors (Lipinski definition) is 2. The molecule has 0 fully saturated rings. The maximum Gasteiger partial charge on any atom is 0.0591 e. The van der Waals surface area contributed by atoms with Gasteiger partial charge in [-0.25, -0.2) is 0 Å². The number of rotatable bonds is 7. The maximum atomic E-state index is 4.23. The predicted octanol–water partition coefficient (Wildman–Crippen LogP) is 4.60. The van der Waals surface area contributed by atoms with Crippen molar-refractivity contribution in [1.82, 2.24) is 4.98 Å². The van der Waals surface area contributed by atoms with Crippen LogP contribution in [0.5, 0.6) is 0 Å². The van der Waals surface area contributed by atoms with E-state index in [-0.39, 0.29) is 0 Å². The van der Waals surface area contributed by atoms with E-state index in [0.29, 0.717) is 0 Å². The van der Waals surface area contributed by atoms with Crippen molar-refractivity contribution < 1.29 is 0 Å². The highest BCUT2D eigenvalue weighted by molar-refractivity contribution is 5.63. The van der Waals surface area contributed by atoms with Crippen LogP contribution in [0, 0.1) is 0 Å². The minimum atomic E-state index is 0.900. The maximum absolute atomic E-state index is 4.23. The quantitative estimate of drug-likeness (QED) is 0.771. The van der Waals surface area contributed by atoms with Gasteiger partial charge in [0.25, 0.3) is 0 Å². The van der Waals surface area contributed by atoms with Crippen LogP contribution in [0.4, 0.5) is 17.1 Å². The molecule has 0 spiro atoms. The van der Waals surface area contributed by atoms with Crippen molar-refractivity contribution in [3.63, 3.8) is 0 Å². The monoisotopic (exact) mass is 269 g/mol. The van der Waals surface area contributed by atoms with Crippen LogP contribution in [-0.4, -0.2) is 11.5 Å². The van der Waals surface area contributed by atoms with Crippen molar-refractivity contribution in [3.05, 3.63) is 48.3 Å². The highest BCUT2D eigenvalue weighted by Gasteiger charge is 1.98. The molecule has 0 bridgehead atoms. The molecule has 2 rings (SSSR count). The van der Waals surface area contributed by atoms with Gasteiger partial charge in [-0.1, -0.05) is 25.5 Å². The Labute approximate surface area is 121 Å². The summed E-state index contributed by atoms with van der Waals surface area (Å²) < 4.78 is 0. The topological polar surface area (TPSA) is 37.0 Å². The molecule has 2 N–H and O–H groups in total. The smallest absolute Gasteiger partial charge is 0.0591 e. The molecular formula is C17H23N3. The molecule has 0 radical (unpaired) electrons. The Kier molecular flexibility index (Phi) is 5.42. The van der Waals surface area contributed by atoms with Crippen LogP contribution in [-0.2, 0) is 6.42 Å². The SMILES string of the molecule is CCCCc1ccc(Nc2cncc(NCC)c2)cc1. The summed E-state index contributed by atoms with van der Waals surface area (Å²) in [7, 11) is 0. The average Bonchev–Trinajstić information content (AvgIpc) is 2.47. The summed E-state index contributed by atoms with van der Waals surface area (Å²) in [6.07, 6.45) is 7.33. The number of hydrogen-bond acceptors (Lipinski definition) is 3. The molecule has 0 aliphatic rings. The van der Waals surface area contributed by atoms with Gasteiger partial charge in [-0.05, 0) is 43.5 Å². The van der Waals surface area contributed by atoms with Crippen LogP contribution in [0.25, 0.3) is 0 Å². The highest BCUT2D eigenvalue weighted by atomic mass is 14.9. The van der Waals surface area contributed by atoms with E-state index in [4.69, 9.17) is 0 Å². The first-order chi connectivity index (χ1) is 9.81. The van der Waals surface area contributed by atoms with Gasteiger partial charge in [0.15, 0.2) is 0 Å². The summed E-state index contributed by atoms with van der Waals surface area (Å²) >= 11 is 0. The fourth-order valence-electron chi connectivity index (χ4n) is 2.11. The molecule has 0 amide bonds. The first-order valence-electron chi connectivity index (χ1n) is 7.36. The molecule has 0 saturated heterocycles. The highest BCUT2D eigenvalue weighted by Crippen LogP contribution is 2.19. The van der Waals surface area contributed by atoms with E-state index in [0.717, 1.165) is 30.0 Å². The average molecular weight is 269 g/mol. The van der Waals surface area contributed by atoms with Crippen molar-refractivity contribution in [2.45, 2.75) is 33.1 Å². The van der Waals surface area contributed by atoms with E-state index in [9.17, 15) is 0 Å². The largest absolute Gasteiger partial charge is 0.384 e. The Morgan fingerprint density at radius 3 is 2.40 bits per heavy atom. The van der Waals surface area contributed by atoms with Crippen LogP contribution in [0.15, 0.2) is 42.7 Å². The number of nitrogens with zero attached hydrogens (tertiary/aromatic N) is 1. The van der Waals surface area contributed by atoms with Gasteiger partial charge in [0.05, 0.1) is 23.8 Å². The molecule has 1 aromatic carbocycles. The fourth-order valence-corrected chi connectivity index (χ4v) is 2.11. The van der Waals surface area contributed by atoms with Crippen LogP contribution in [0.2, 0.25) is 0 Å². The van der Waals surface area contributed by atoms with Gasteiger partial charge in [-0.15, -0.1) is 0 Å². The lowest BCUT2D eigenvalue weighted by atomic mass is 10.1. The minimum Gasteiger partial charge on any atom is -0.384 e. The van der Waals surface area contributed by atoms with Crippen molar-refractivity contribution in [2.75, 3.05) is 17.2 Å². The third-order valence-electron chi connectivity index (χ3n) is 3.18. The van der Waals surface area contributed by atoms with Crippen LogP contribution >= 0.6 is 0 Å². The number of nitrogens with one attached hydrogen (secondary N) is 2. The third kappa shape index (κ3) is 4.26. The van der Waals surface area contributed by atoms with Gasteiger partial charge in [-0.2, -0.15) is 0 Å². The standard InChI is InChI=1S/C17H23N3/c1-3-5-6-14-7-9-15(10-8-14)20-17-11-16(19-4-2)12-18-13-17/h7-13,19-20H,3-6H2,1-2H3. The van der Waals surface area contributed by atoms with Gasteiger partial charge < -0.3 is 10.6 Å². The number of aromatic nitrogens is 1. The van der Waals surface area contributed by atoms with Gasteiger partial charge in [-0.3, -0.25) is 4.98 Å². The second kappa shape index (κ2) is 7.53. The molecule has 1 heterocycles. The molecule has 3 nitrogen and oxygen atoms in total. The second-order valence-corrected chi connectivity index (χ2v) is 4.92. The van der Waals surface area contributed by atoms with Crippen LogP contribution in [0.3, 0.4) is 0 Å². The Hall–Kier alpha value is -2.03. The lowest BCUT2D eigenvalue weighted by Gasteiger charge is -2.09. The number of unbranched alkanes of at least 4 members (excludes halogenated alkanes) is 1. The van der Waals surface area contributed by atoms with Crippen molar-refractivity contribution >= 4 is 17.1 Å². The number of anilines is 3. The van der Waals surface area contributed by atoms with Gasteiger partial charge in [0.2, 0.25) is 0 Å². The molecule has 0 aliphatic heterocycles. The van der Waals surface area contributed by atoms with Crippen LogP contribution < -0.4 is 10.6 Å². The summed E-state index contributed by atoms with van der Waals surface area (Å²) in [5.41, 5.74) is 4.54. The molecule has 0 saturated carbocycles. The molecule has 106 valence electrons. The summed E-state index contributed by atoms with van der Waals surface area (Å²) in [5, 5.41) is 6.65. The Bertz CT molecular complexity index is 520. The van der Waals surface area contributed by atoms with Crippen molar-refractivity contribution in [1.29, 1.82) is 0 Å². The summed E-state index contributed by atoms with van der Waals surface area (Å²) in [6.45, 7) is 5.20. The Morgan fingerprint density at radius 2 is 1.70 bits per heavy atom. The Balaban J connectivity index is 2.00. The van der Waals surface area contributed by atoms with Crippen LogP contribution in [0.1, 0.15) is 32.3 Å². The fraction of sp³-hybridized carbons (Fsp3) is 0.353. The number of benzene rings is 1. The van der Waals surface area contributed by atoms with Crippen molar-refractivity contribution in [2.24, 2.45) is 0 Å². The zero-order chi connectivity index (χ0) is 14.2. The lowest BCUT2D eigenvalue weighted by molar-refractivity contribution is 0.795. The molecular weight excluding hydrogens is 246 g/mol. The zero-order valence-electron chi connectivity index (χ0n) is 12.3. The van der Waals surface area contributed by atoms with Gasteiger partial charge >= 0.3 is 0 Å². The summed E-state index contributed by atoms with van der Waals surface area (Å²) in [6, 6.07) is 10.7. The minimum absolute atomic E-state index is 0.900. The molecule has 1 aromatic heterocycles.